The van der Waals surface area contributed by atoms with Gasteiger partial charge in [-0.1, -0.05) is 176 Å². The molecule has 3 nitrogen and oxygen atoms in total. The first kappa shape index (κ1) is 39.8. The minimum Gasteiger partial charge on any atom is -0.309 e. The third-order valence-electron chi connectivity index (χ3n) is 13.2. The summed E-state index contributed by atoms with van der Waals surface area (Å²) >= 11 is 0. The summed E-state index contributed by atoms with van der Waals surface area (Å²) in [6.45, 7) is 6.26. The monoisotopic (exact) mass is 855 g/mol. The number of rotatable bonds is 9. The maximum absolute atomic E-state index is 5.41. The Morgan fingerprint density at radius 1 is 0.388 bits per heavy atom. The molecule has 0 saturated carbocycles. The molecule has 0 spiro atoms. The standard InChI is InChI=1S/C64H45N3/c1-3-17-61-53(4-2)54-26-8-11-29-62(54)66(61)51-24-16-22-48(40-51)49-36-37-59-58(41-49)57(45-34-32-44(33-35-45)43-18-6-5-7-19-43)42-60(65-59)50-23-14-20-46(38-50)47-21-15-25-52(39-47)67-63-30-12-9-27-55(63)56-28-10-13-31-64(56)67/h3-42H,2H2,1H3/b17-3-. The summed E-state index contributed by atoms with van der Waals surface area (Å²) in [7, 11) is 0. The van der Waals surface area contributed by atoms with Gasteiger partial charge in [0.1, 0.15) is 0 Å². The van der Waals surface area contributed by atoms with Gasteiger partial charge >= 0.3 is 0 Å². The second kappa shape index (κ2) is 16.6. The number of fused-ring (bicyclic) bond motifs is 5. The van der Waals surface area contributed by atoms with Crippen LogP contribution in [-0.2, 0) is 0 Å². The fourth-order valence-electron chi connectivity index (χ4n) is 10.1. The van der Waals surface area contributed by atoms with Gasteiger partial charge in [0.2, 0.25) is 0 Å². The minimum atomic E-state index is 0.929. The Balaban J connectivity index is 0.977. The number of hydrogen-bond acceptors (Lipinski definition) is 1. The number of hydrogen-bond donors (Lipinski definition) is 0. The highest BCUT2D eigenvalue weighted by atomic mass is 15.0. The molecule has 0 unspecified atom stereocenters. The van der Waals surface area contributed by atoms with Crippen molar-refractivity contribution in [2.75, 3.05) is 0 Å². The van der Waals surface area contributed by atoms with Gasteiger partial charge in [-0.15, -0.1) is 0 Å². The molecule has 12 aromatic rings. The predicted octanol–water partition coefficient (Wildman–Crippen LogP) is 17.3. The van der Waals surface area contributed by atoms with Crippen molar-refractivity contribution in [3.05, 3.63) is 248 Å². The predicted molar refractivity (Wildman–Crippen MR) is 285 cm³/mol. The Labute approximate surface area is 390 Å². The number of pyridine rings is 1. The van der Waals surface area contributed by atoms with Gasteiger partial charge in [-0.05, 0) is 124 Å². The van der Waals surface area contributed by atoms with Crippen molar-refractivity contribution in [2.24, 2.45) is 0 Å². The van der Waals surface area contributed by atoms with Gasteiger partial charge in [-0.3, -0.25) is 0 Å². The third-order valence-corrected chi connectivity index (χ3v) is 13.2. The molecule has 3 aromatic heterocycles. The van der Waals surface area contributed by atoms with E-state index in [1.807, 2.05) is 6.08 Å². The first-order chi connectivity index (χ1) is 33.1. The van der Waals surface area contributed by atoms with Gasteiger partial charge in [0.25, 0.3) is 0 Å². The average Bonchev–Trinajstić information content (AvgIpc) is 3.91. The molecule has 0 N–H and O–H groups in total. The quantitative estimate of drug-likeness (QED) is 0.142. The second-order valence-corrected chi connectivity index (χ2v) is 17.1. The number of aromatic nitrogens is 3. The van der Waals surface area contributed by atoms with Gasteiger partial charge in [-0.25, -0.2) is 4.98 Å². The van der Waals surface area contributed by atoms with Crippen LogP contribution in [0.4, 0.5) is 0 Å². The van der Waals surface area contributed by atoms with E-state index in [-0.39, 0.29) is 0 Å². The molecule has 0 atom stereocenters. The summed E-state index contributed by atoms with van der Waals surface area (Å²) in [5.74, 6) is 0. The number of nitrogens with zero attached hydrogens (tertiary/aromatic N) is 3. The van der Waals surface area contributed by atoms with Crippen molar-refractivity contribution < 1.29 is 0 Å². The molecule has 0 bridgehead atoms. The van der Waals surface area contributed by atoms with Crippen LogP contribution in [0, 0.1) is 0 Å². The van der Waals surface area contributed by atoms with Crippen LogP contribution >= 0.6 is 0 Å². The van der Waals surface area contributed by atoms with Gasteiger partial charge < -0.3 is 9.13 Å². The first-order valence-electron chi connectivity index (χ1n) is 22.9. The van der Waals surface area contributed by atoms with Crippen LogP contribution in [0.15, 0.2) is 237 Å². The highest BCUT2D eigenvalue weighted by Gasteiger charge is 2.18. The van der Waals surface area contributed by atoms with Crippen LogP contribution in [0.5, 0.6) is 0 Å². The molecule has 67 heavy (non-hydrogen) atoms. The SMILES string of the molecule is C=Cc1c(/C=C\C)n(-c2cccc(-c3ccc4nc(-c5cccc(-c6cccc(-n7c8ccccc8c8ccccc87)c6)c5)cc(-c5ccc(-c6ccccc6)cc5)c4c3)c2)c2ccccc12. The molecule has 0 aliphatic carbocycles. The summed E-state index contributed by atoms with van der Waals surface area (Å²) in [4.78, 5) is 5.41. The van der Waals surface area contributed by atoms with E-state index in [0.29, 0.717) is 0 Å². The van der Waals surface area contributed by atoms with Crippen LogP contribution in [-0.4, -0.2) is 14.1 Å². The highest BCUT2D eigenvalue weighted by molar-refractivity contribution is 6.09. The van der Waals surface area contributed by atoms with E-state index in [9.17, 15) is 0 Å². The maximum atomic E-state index is 5.41. The van der Waals surface area contributed by atoms with Gasteiger partial charge in [0, 0.05) is 44.0 Å². The molecule has 0 radical (unpaired) electrons. The lowest BCUT2D eigenvalue weighted by Gasteiger charge is -2.15. The zero-order valence-corrected chi connectivity index (χ0v) is 37.1. The summed E-state index contributed by atoms with van der Waals surface area (Å²) in [6.07, 6.45) is 6.25. The minimum absolute atomic E-state index is 0.929. The fraction of sp³-hybridized carbons (Fsp3) is 0.0156. The summed E-state index contributed by atoms with van der Waals surface area (Å²) in [5.41, 5.74) is 20.2. The van der Waals surface area contributed by atoms with Crippen molar-refractivity contribution in [1.29, 1.82) is 0 Å². The molecule has 0 saturated heterocycles. The lowest BCUT2D eigenvalue weighted by atomic mass is 9.93. The normalized spacial score (nSPS) is 11.7. The Morgan fingerprint density at radius 3 is 1.54 bits per heavy atom. The lowest BCUT2D eigenvalue weighted by molar-refractivity contribution is 1.11. The molecule has 9 aromatic carbocycles. The van der Waals surface area contributed by atoms with Crippen LogP contribution in [0.1, 0.15) is 18.2 Å². The van der Waals surface area contributed by atoms with Crippen molar-refractivity contribution in [3.8, 4) is 67.1 Å². The smallest absolute Gasteiger partial charge is 0.0716 e. The van der Waals surface area contributed by atoms with Gasteiger partial charge in [0.15, 0.2) is 0 Å². The maximum Gasteiger partial charge on any atom is 0.0716 e. The molecule has 3 heteroatoms. The fourth-order valence-corrected chi connectivity index (χ4v) is 10.1. The molecule has 0 aliphatic rings. The van der Waals surface area contributed by atoms with Crippen molar-refractivity contribution in [2.45, 2.75) is 6.92 Å². The Kier molecular flexibility index (Phi) is 9.88. The summed E-state index contributed by atoms with van der Waals surface area (Å²) in [6, 6.07) is 81.0. The zero-order chi connectivity index (χ0) is 44.8. The summed E-state index contributed by atoms with van der Waals surface area (Å²) < 4.78 is 4.73. The Morgan fingerprint density at radius 2 is 0.881 bits per heavy atom. The zero-order valence-electron chi connectivity index (χ0n) is 37.1. The molecular weight excluding hydrogens is 811 g/mol. The van der Waals surface area contributed by atoms with Crippen molar-refractivity contribution >= 4 is 55.8 Å². The van der Waals surface area contributed by atoms with Crippen LogP contribution in [0.25, 0.3) is 123 Å². The number of benzene rings is 9. The summed E-state index contributed by atoms with van der Waals surface area (Å²) in [5, 5.41) is 4.80. The lowest BCUT2D eigenvalue weighted by Crippen LogP contribution is -1.97. The molecule has 0 amide bonds. The Hall–Kier alpha value is -8.79. The molecular formula is C64H45N3. The van der Waals surface area contributed by atoms with Crippen LogP contribution in [0.2, 0.25) is 0 Å². The van der Waals surface area contributed by atoms with E-state index in [1.165, 1.54) is 38.3 Å². The van der Waals surface area contributed by atoms with E-state index >= 15 is 0 Å². The van der Waals surface area contributed by atoms with Crippen LogP contribution in [0.3, 0.4) is 0 Å². The molecule has 12 rings (SSSR count). The topological polar surface area (TPSA) is 22.8 Å². The van der Waals surface area contributed by atoms with Gasteiger partial charge in [0.05, 0.1) is 33.5 Å². The van der Waals surface area contributed by atoms with Crippen LogP contribution < -0.4 is 0 Å². The first-order valence-corrected chi connectivity index (χ1v) is 22.9. The largest absolute Gasteiger partial charge is 0.309 e. The second-order valence-electron chi connectivity index (χ2n) is 17.1. The average molecular weight is 856 g/mol. The molecule has 0 aliphatic heterocycles. The van der Waals surface area contributed by atoms with E-state index in [1.54, 1.807) is 0 Å². The number of allylic oxidation sites excluding steroid dienone is 1. The Bertz CT molecular complexity index is 3830. The molecule has 3 heterocycles. The molecule has 0 fully saturated rings. The van der Waals surface area contributed by atoms with E-state index < -0.39 is 0 Å². The highest BCUT2D eigenvalue weighted by Crippen LogP contribution is 2.39. The molecule has 316 valence electrons. The van der Waals surface area contributed by atoms with E-state index in [4.69, 9.17) is 4.98 Å². The van der Waals surface area contributed by atoms with E-state index in [2.05, 4.69) is 259 Å². The van der Waals surface area contributed by atoms with E-state index in [0.717, 1.165) is 83.7 Å². The number of para-hydroxylation sites is 3. The third kappa shape index (κ3) is 6.97. The van der Waals surface area contributed by atoms with Gasteiger partial charge in [-0.2, -0.15) is 0 Å². The van der Waals surface area contributed by atoms with Crippen molar-refractivity contribution in [1.82, 2.24) is 14.1 Å². The van der Waals surface area contributed by atoms with Crippen molar-refractivity contribution in [3.63, 3.8) is 0 Å².